The molecule has 0 radical (unpaired) electrons. The van der Waals surface area contributed by atoms with Crippen LogP contribution >= 0.6 is 11.8 Å². The number of carbonyl (C=O) groups is 2. The molecule has 4 N–H and O–H groups in total. The predicted octanol–water partition coefficient (Wildman–Crippen LogP) is 3.38. The number of nitrogens with two attached hydrogens (primary N) is 1. The Morgan fingerprint density at radius 3 is 2.48 bits per heavy atom. The van der Waals surface area contributed by atoms with Gasteiger partial charge in [-0.25, -0.2) is 4.79 Å². The summed E-state index contributed by atoms with van der Waals surface area (Å²) >= 11 is 1.55. The molecule has 0 saturated carbocycles. The van der Waals surface area contributed by atoms with E-state index < -0.39 is 17.4 Å². The standard InChI is InChI=1S/C21H26N2O3S/c1-21(20(25)26,12-13-27-2)23-19(24)18-14-17(22)11-10-16(18)9-8-15-6-4-3-5-7-15/h3-7,10-11,14H,8-9,12-13,22H2,1-2H3,(H,23,24)(H,25,26)/t21-/m0/s1. The molecule has 2 aromatic rings. The minimum absolute atomic E-state index is 0.344. The fourth-order valence-electron chi connectivity index (χ4n) is 2.79. The van der Waals surface area contributed by atoms with Crippen LogP contribution in [0.3, 0.4) is 0 Å². The third-order valence-electron chi connectivity index (χ3n) is 4.57. The van der Waals surface area contributed by atoms with Gasteiger partial charge in [0.2, 0.25) is 0 Å². The summed E-state index contributed by atoms with van der Waals surface area (Å²) in [6.45, 7) is 1.54. The van der Waals surface area contributed by atoms with Crippen molar-refractivity contribution in [3.05, 3.63) is 65.2 Å². The number of carbonyl (C=O) groups excluding carboxylic acids is 1. The maximum absolute atomic E-state index is 12.9. The Labute approximate surface area is 164 Å². The molecular formula is C21H26N2O3S. The number of carboxylic acid groups (broad SMARTS) is 1. The molecule has 1 amide bonds. The number of nitrogen functional groups attached to an aromatic ring is 1. The third kappa shape index (κ3) is 5.76. The maximum Gasteiger partial charge on any atom is 0.329 e. The number of rotatable bonds is 9. The highest BCUT2D eigenvalue weighted by Crippen LogP contribution is 2.20. The van der Waals surface area contributed by atoms with E-state index in [0.29, 0.717) is 29.8 Å². The van der Waals surface area contributed by atoms with Gasteiger partial charge in [0.15, 0.2) is 0 Å². The van der Waals surface area contributed by atoms with Crippen LogP contribution in [-0.4, -0.2) is 34.5 Å². The molecule has 5 nitrogen and oxygen atoms in total. The Bertz CT molecular complexity index is 795. The number of carboxylic acids is 1. The van der Waals surface area contributed by atoms with Crippen molar-refractivity contribution < 1.29 is 14.7 Å². The summed E-state index contributed by atoms with van der Waals surface area (Å²) in [5.41, 5.74) is 7.50. The zero-order valence-corrected chi connectivity index (χ0v) is 16.5. The van der Waals surface area contributed by atoms with Crippen molar-refractivity contribution in [1.29, 1.82) is 0 Å². The molecule has 0 heterocycles. The van der Waals surface area contributed by atoms with Crippen molar-refractivity contribution in [3.63, 3.8) is 0 Å². The molecule has 0 aliphatic heterocycles. The van der Waals surface area contributed by atoms with Gasteiger partial charge in [-0.05, 0) is 61.5 Å². The molecule has 0 unspecified atom stereocenters. The Hall–Kier alpha value is -2.47. The SMILES string of the molecule is CSCC[C@](C)(NC(=O)c1cc(N)ccc1CCc1ccccc1)C(=O)O. The van der Waals surface area contributed by atoms with Gasteiger partial charge in [-0.2, -0.15) is 11.8 Å². The first-order valence-corrected chi connectivity index (χ1v) is 10.2. The first kappa shape index (κ1) is 20.8. The Kier molecular flexibility index (Phi) is 7.30. The molecule has 2 aromatic carbocycles. The highest BCUT2D eigenvalue weighted by molar-refractivity contribution is 7.98. The molecule has 0 fully saturated rings. The number of benzene rings is 2. The molecule has 1 atom stereocenters. The van der Waals surface area contributed by atoms with E-state index >= 15 is 0 Å². The van der Waals surface area contributed by atoms with Crippen molar-refractivity contribution in [2.75, 3.05) is 17.7 Å². The number of aliphatic carboxylic acids is 1. The molecule has 27 heavy (non-hydrogen) atoms. The quantitative estimate of drug-likeness (QED) is 0.575. The van der Waals surface area contributed by atoms with Crippen molar-refractivity contribution in [3.8, 4) is 0 Å². The Morgan fingerprint density at radius 2 is 1.85 bits per heavy atom. The molecular weight excluding hydrogens is 360 g/mol. The van der Waals surface area contributed by atoms with Crippen molar-refractivity contribution in [2.24, 2.45) is 0 Å². The molecule has 0 aliphatic rings. The molecule has 0 saturated heterocycles. The first-order chi connectivity index (χ1) is 12.9. The minimum Gasteiger partial charge on any atom is -0.480 e. The molecule has 0 bridgehead atoms. The van der Waals surface area contributed by atoms with E-state index in [1.807, 2.05) is 42.7 Å². The summed E-state index contributed by atoms with van der Waals surface area (Å²) in [5.74, 6) is -0.808. The van der Waals surface area contributed by atoms with Crippen LogP contribution in [0.15, 0.2) is 48.5 Å². The average molecular weight is 387 g/mol. The summed E-state index contributed by atoms with van der Waals surface area (Å²) in [7, 11) is 0. The second-order valence-corrected chi connectivity index (χ2v) is 7.72. The molecule has 6 heteroatoms. The number of amides is 1. The second kappa shape index (κ2) is 9.46. The zero-order valence-electron chi connectivity index (χ0n) is 15.7. The van der Waals surface area contributed by atoms with Gasteiger partial charge in [0, 0.05) is 11.3 Å². The van der Waals surface area contributed by atoms with Crippen LogP contribution in [0.4, 0.5) is 5.69 Å². The lowest BCUT2D eigenvalue weighted by molar-refractivity contribution is -0.143. The summed E-state index contributed by atoms with van der Waals surface area (Å²) in [6, 6.07) is 15.2. The molecule has 0 spiro atoms. The fourth-order valence-corrected chi connectivity index (χ4v) is 3.41. The average Bonchev–Trinajstić information content (AvgIpc) is 2.66. The second-order valence-electron chi connectivity index (χ2n) is 6.74. The Balaban J connectivity index is 2.21. The maximum atomic E-state index is 12.9. The molecule has 2 rings (SSSR count). The van der Waals surface area contributed by atoms with Gasteiger partial charge in [0.05, 0.1) is 0 Å². The van der Waals surface area contributed by atoms with E-state index in [4.69, 9.17) is 5.73 Å². The third-order valence-corrected chi connectivity index (χ3v) is 5.18. The van der Waals surface area contributed by atoms with E-state index in [-0.39, 0.29) is 0 Å². The van der Waals surface area contributed by atoms with Crippen LogP contribution in [0, 0.1) is 0 Å². The van der Waals surface area contributed by atoms with Crippen molar-refractivity contribution in [2.45, 2.75) is 31.7 Å². The van der Waals surface area contributed by atoms with Gasteiger partial charge in [-0.1, -0.05) is 36.4 Å². The fraction of sp³-hybridized carbons (Fsp3) is 0.333. The van der Waals surface area contributed by atoms with Gasteiger partial charge in [0.25, 0.3) is 5.91 Å². The number of thioether (sulfide) groups is 1. The van der Waals surface area contributed by atoms with Crippen LogP contribution in [0.25, 0.3) is 0 Å². The Morgan fingerprint density at radius 1 is 1.15 bits per heavy atom. The number of anilines is 1. The smallest absolute Gasteiger partial charge is 0.329 e. The van der Waals surface area contributed by atoms with Gasteiger partial charge >= 0.3 is 5.97 Å². The van der Waals surface area contributed by atoms with Crippen LogP contribution in [0.2, 0.25) is 0 Å². The van der Waals surface area contributed by atoms with Crippen LogP contribution in [-0.2, 0) is 17.6 Å². The monoisotopic (exact) mass is 386 g/mol. The van der Waals surface area contributed by atoms with Gasteiger partial charge in [0.1, 0.15) is 5.54 Å². The van der Waals surface area contributed by atoms with Crippen LogP contribution < -0.4 is 11.1 Å². The lowest BCUT2D eigenvalue weighted by Crippen LogP contribution is -2.52. The van der Waals surface area contributed by atoms with Crippen LogP contribution in [0.5, 0.6) is 0 Å². The van der Waals surface area contributed by atoms with Crippen molar-refractivity contribution >= 4 is 29.3 Å². The largest absolute Gasteiger partial charge is 0.480 e. The number of hydrogen-bond acceptors (Lipinski definition) is 4. The number of nitrogens with one attached hydrogen (secondary N) is 1. The summed E-state index contributed by atoms with van der Waals surface area (Å²) in [5, 5.41) is 12.3. The molecule has 0 aromatic heterocycles. The molecule has 144 valence electrons. The predicted molar refractivity (Wildman–Crippen MR) is 111 cm³/mol. The van der Waals surface area contributed by atoms with Gasteiger partial charge in [-0.15, -0.1) is 0 Å². The van der Waals surface area contributed by atoms with Crippen molar-refractivity contribution in [1.82, 2.24) is 5.32 Å². The van der Waals surface area contributed by atoms with E-state index in [0.717, 1.165) is 12.0 Å². The van der Waals surface area contributed by atoms with Crippen LogP contribution in [0.1, 0.15) is 34.8 Å². The first-order valence-electron chi connectivity index (χ1n) is 8.83. The van der Waals surface area contributed by atoms with E-state index in [2.05, 4.69) is 5.32 Å². The number of aryl methyl sites for hydroxylation is 2. The lowest BCUT2D eigenvalue weighted by Gasteiger charge is -2.26. The van der Waals surface area contributed by atoms with Gasteiger partial charge in [-0.3, -0.25) is 4.79 Å². The van der Waals surface area contributed by atoms with E-state index in [9.17, 15) is 14.7 Å². The number of hydrogen-bond donors (Lipinski definition) is 3. The highest BCUT2D eigenvalue weighted by Gasteiger charge is 2.35. The summed E-state index contributed by atoms with van der Waals surface area (Å²) < 4.78 is 0. The highest BCUT2D eigenvalue weighted by atomic mass is 32.2. The normalized spacial score (nSPS) is 13.0. The summed E-state index contributed by atoms with van der Waals surface area (Å²) in [4.78, 5) is 24.6. The topological polar surface area (TPSA) is 92.4 Å². The van der Waals surface area contributed by atoms with Gasteiger partial charge < -0.3 is 16.2 Å². The van der Waals surface area contributed by atoms with E-state index in [1.54, 1.807) is 30.8 Å². The minimum atomic E-state index is -1.32. The lowest BCUT2D eigenvalue weighted by atomic mass is 9.95. The molecule has 0 aliphatic carbocycles. The van der Waals surface area contributed by atoms with E-state index in [1.165, 1.54) is 5.56 Å². The summed E-state index contributed by atoms with van der Waals surface area (Å²) in [6.07, 6.45) is 3.70. The zero-order chi connectivity index (χ0) is 19.9.